The molecule has 2 fully saturated rings. The van der Waals surface area contributed by atoms with Crippen LogP contribution in [0.5, 0.6) is 0 Å². The molecule has 0 radical (unpaired) electrons. The van der Waals surface area contributed by atoms with Crippen molar-refractivity contribution in [2.75, 3.05) is 18.8 Å². The van der Waals surface area contributed by atoms with Crippen LogP contribution in [0.15, 0.2) is 6.07 Å². The minimum atomic E-state index is 0.267. The number of likely N-dealkylation sites (tertiary alicyclic amines) is 1. The van der Waals surface area contributed by atoms with Gasteiger partial charge in [0.25, 0.3) is 5.91 Å². The van der Waals surface area contributed by atoms with E-state index in [1.807, 2.05) is 11.8 Å². The fraction of sp³-hybridized carbons (Fsp3) is 0.667. The van der Waals surface area contributed by atoms with E-state index in [-0.39, 0.29) is 5.91 Å². The molecule has 3 aliphatic rings. The zero-order valence-corrected chi connectivity index (χ0v) is 13.2. The fourth-order valence-corrected chi connectivity index (χ4v) is 5.88. The summed E-state index contributed by atoms with van der Waals surface area (Å²) in [6.07, 6.45) is 4.77. The lowest BCUT2D eigenvalue weighted by Crippen LogP contribution is -2.38. The first-order valence-electron chi connectivity index (χ1n) is 7.54. The number of carbonyl (C=O) groups is 1. The maximum absolute atomic E-state index is 12.7. The van der Waals surface area contributed by atoms with E-state index in [4.69, 9.17) is 0 Å². The van der Waals surface area contributed by atoms with Crippen LogP contribution in [0.1, 0.15) is 39.4 Å². The Balaban J connectivity index is 1.53. The molecule has 2 bridgehead atoms. The van der Waals surface area contributed by atoms with Gasteiger partial charge in [-0.15, -0.1) is 11.3 Å². The van der Waals surface area contributed by atoms with Crippen LogP contribution in [0.3, 0.4) is 0 Å². The van der Waals surface area contributed by atoms with Crippen molar-refractivity contribution in [1.29, 1.82) is 0 Å². The van der Waals surface area contributed by atoms with Crippen LogP contribution < -0.4 is 5.32 Å². The van der Waals surface area contributed by atoms with Gasteiger partial charge in [-0.25, -0.2) is 0 Å². The van der Waals surface area contributed by atoms with Crippen molar-refractivity contribution in [2.45, 2.75) is 43.5 Å². The Morgan fingerprint density at radius 2 is 2.20 bits per heavy atom. The molecule has 0 saturated carbocycles. The second-order valence-corrected chi connectivity index (χ2v) is 8.28. The Morgan fingerprint density at radius 3 is 3.10 bits per heavy atom. The van der Waals surface area contributed by atoms with Crippen molar-refractivity contribution in [3.8, 4) is 0 Å². The summed E-state index contributed by atoms with van der Waals surface area (Å²) in [4.78, 5) is 17.2. The van der Waals surface area contributed by atoms with Crippen LogP contribution in [-0.2, 0) is 12.2 Å². The van der Waals surface area contributed by atoms with Crippen LogP contribution >= 0.6 is 23.1 Å². The number of carbonyl (C=O) groups excluding carboxylic acids is 1. The lowest BCUT2D eigenvalue weighted by Gasteiger charge is -2.23. The van der Waals surface area contributed by atoms with Gasteiger partial charge in [-0.1, -0.05) is 0 Å². The van der Waals surface area contributed by atoms with Crippen LogP contribution in [0, 0.1) is 0 Å². The largest absolute Gasteiger partial charge is 0.336 e. The second-order valence-electron chi connectivity index (χ2n) is 6.04. The Labute approximate surface area is 128 Å². The van der Waals surface area contributed by atoms with Crippen molar-refractivity contribution < 1.29 is 4.79 Å². The summed E-state index contributed by atoms with van der Waals surface area (Å²) in [7, 11) is 0. The van der Waals surface area contributed by atoms with Gasteiger partial charge in [0.1, 0.15) is 0 Å². The lowest BCUT2D eigenvalue weighted by atomic mass is 10.1. The molecule has 1 aromatic heterocycles. The monoisotopic (exact) mass is 308 g/mol. The lowest BCUT2D eigenvalue weighted by molar-refractivity contribution is 0.0753. The number of rotatable bonds is 1. The SMILES string of the molecule is O=C(c1cc2c(s1)CCSC2)N1CCC2CCC(C1)N2. The fourth-order valence-electron chi connectivity index (χ4n) is 3.54. The second kappa shape index (κ2) is 5.35. The summed E-state index contributed by atoms with van der Waals surface area (Å²) in [5.74, 6) is 2.56. The summed E-state index contributed by atoms with van der Waals surface area (Å²) in [5.41, 5.74) is 1.41. The average molecular weight is 308 g/mol. The van der Waals surface area contributed by atoms with Gasteiger partial charge in [0, 0.05) is 35.8 Å². The standard InChI is InChI=1S/C15H20N2OS2/c18-15(14-7-10-9-19-6-4-13(10)20-14)17-5-3-11-1-2-12(8-17)16-11/h7,11-12,16H,1-6,8-9H2. The molecule has 0 aliphatic carbocycles. The molecule has 2 saturated heterocycles. The number of nitrogens with zero attached hydrogens (tertiary/aromatic N) is 1. The highest BCUT2D eigenvalue weighted by Crippen LogP contribution is 2.32. The number of hydrogen-bond donors (Lipinski definition) is 1. The summed E-state index contributed by atoms with van der Waals surface area (Å²) in [6, 6.07) is 3.33. The number of thioether (sulfide) groups is 1. The van der Waals surface area contributed by atoms with E-state index in [0.29, 0.717) is 12.1 Å². The van der Waals surface area contributed by atoms with Crippen molar-refractivity contribution in [2.24, 2.45) is 0 Å². The molecule has 4 rings (SSSR count). The molecule has 3 aliphatic heterocycles. The number of aryl methyl sites for hydroxylation is 1. The van der Waals surface area contributed by atoms with Gasteiger partial charge in [0.05, 0.1) is 4.88 Å². The van der Waals surface area contributed by atoms with Crippen molar-refractivity contribution in [3.05, 3.63) is 21.4 Å². The van der Waals surface area contributed by atoms with Gasteiger partial charge in [-0.2, -0.15) is 11.8 Å². The first-order chi connectivity index (χ1) is 9.79. The van der Waals surface area contributed by atoms with E-state index in [1.165, 1.54) is 29.0 Å². The summed E-state index contributed by atoms with van der Waals surface area (Å²) >= 11 is 3.72. The predicted molar refractivity (Wildman–Crippen MR) is 84.7 cm³/mol. The molecular formula is C15H20N2OS2. The van der Waals surface area contributed by atoms with Gasteiger partial charge in [0.2, 0.25) is 0 Å². The highest BCUT2D eigenvalue weighted by Gasteiger charge is 2.32. The maximum Gasteiger partial charge on any atom is 0.263 e. The number of hydrogen-bond acceptors (Lipinski definition) is 4. The molecule has 2 unspecified atom stereocenters. The first-order valence-corrected chi connectivity index (χ1v) is 9.51. The molecule has 5 heteroatoms. The average Bonchev–Trinajstić information content (AvgIpc) is 3.01. The third-order valence-electron chi connectivity index (χ3n) is 4.65. The topological polar surface area (TPSA) is 32.3 Å². The minimum Gasteiger partial charge on any atom is -0.336 e. The summed E-state index contributed by atoms with van der Waals surface area (Å²) in [6.45, 7) is 1.82. The number of amides is 1. The van der Waals surface area contributed by atoms with Gasteiger partial charge in [0.15, 0.2) is 0 Å². The van der Waals surface area contributed by atoms with Crippen molar-refractivity contribution >= 4 is 29.0 Å². The molecule has 0 spiro atoms. The first kappa shape index (κ1) is 13.2. The van der Waals surface area contributed by atoms with Gasteiger partial charge >= 0.3 is 0 Å². The molecule has 0 aromatic carbocycles. The number of nitrogens with one attached hydrogen (secondary N) is 1. The molecule has 2 atom stereocenters. The Hall–Kier alpha value is -0.520. The van der Waals surface area contributed by atoms with Crippen LogP contribution in [-0.4, -0.2) is 41.7 Å². The third kappa shape index (κ3) is 2.40. The van der Waals surface area contributed by atoms with Gasteiger partial charge < -0.3 is 10.2 Å². The molecule has 108 valence electrons. The predicted octanol–water partition coefficient (Wildman–Crippen LogP) is 2.50. The van der Waals surface area contributed by atoms with E-state index < -0.39 is 0 Å². The van der Waals surface area contributed by atoms with E-state index >= 15 is 0 Å². The highest BCUT2D eigenvalue weighted by atomic mass is 32.2. The Morgan fingerprint density at radius 1 is 1.30 bits per heavy atom. The highest BCUT2D eigenvalue weighted by molar-refractivity contribution is 7.98. The van der Waals surface area contributed by atoms with E-state index in [2.05, 4.69) is 16.3 Å². The van der Waals surface area contributed by atoms with Crippen LogP contribution in [0.25, 0.3) is 0 Å². The minimum absolute atomic E-state index is 0.267. The smallest absolute Gasteiger partial charge is 0.263 e. The number of fused-ring (bicyclic) bond motifs is 3. The third-order valence-corrected chi connectivity index (χ3v) is 6.88. The molecule has 1 aromatic rings. The molecule has 1 amide bonds. The van der Waals surface area contributed by atoms with Gasteiger partial charge in [-0.05, 0) is 43.1 Å². The molecular weight excluding hydrogens is 288 g/mol. The quantitative estimate of drug-likeness (QED) is 0.865. The molecule has 3 nitrogen and oxygen atoms in total. The molecule has 1 N–H and O–H groups in total. The van der Waals surface area contributed by atoms with E-state index in [9.17, 15) is 4.79 Å². The number of thiophene rings is 1. The molecule has 20 heavy (non-hydrogen) atoms. The maximum atomic E-state index is 12.7. The van der Waals surface area contributed by atoms with Gasteiger partial charge in [-0.3, -0.25) is 4.79 Å². The summed E-state index contributed by atoms with van der Waals surface area (Å²) < 4.78 is 0. The van der Waals surface area contributed by atoms with Crippen molar-refractivity contribution in [1.82, 2.24) is 10.2 Å². The summed E-state index contributed by atoms with van der Waals surface area (Å²) in [5, 5.41) is 3.64. The Bertz CT molecular complexity index is 504. The zero-order valence-electron chi connectivity index (χ0n) is 11.6. The van der Waals surface area contributed by atoms with E-state index in [0.717, 1.165) is 36.6 Å². The molecule has 4 heterocycles. The van der Waals surface area contributed by atoms with Crippen LogP contribution in [0.4, 0.5) is 0 Å². The Kier molecular flexibility index (Phi) is 3.52. The van der Waals surface area contributed by atoms with Crippen molar-refractivity contribution in [3.63, 3.8) is 0 Å². The zero-order chi connectivity index (χ0) is 13.5. The van der Waals surface area contributed by atoms with Crippen LogP contribution in [0.2, 0.25) is 0 Å². The normalized spacial score (nSPS) is 29.1. The van der Waals surface area contributed by atoms with E-state index in [1.54, 1.807) is 11.3 Å².